The third-order valence-electron chi connectivity index (χ3n) is 1.70. The zero-order valence-corrected chi connectivity index (χ0v) is 8.69. The number of likely N-dealkylation sites (N-methyl/N-ethyl adjacent to an activating group) is 1. The van der Waals surface area contributed by atoms with Gasteiger partial charge >= 0.3 is 0 Å². The number of aryl methyl sites for hydroxylation is 1. The fraction of sp³-hybridized carbons (Fsp3) is 0.400. The summed E-state index contributed by atoms with van der Waals surface area (Å²) in [6.45, 7) is 3.47. The van der Waals surface area contributed by atoms with Gasteiger partial charge in [0, 0.05) is 6.54 Å². The van der Waals surface area contributed by atoms with Crippen molar-refractivity contribution in [2.24, 2.45) is 0 Å². The molecule has 0 saturated carbocycles. The number of benzene rings is 1. The molecule has 0 radical (unpaired) electrons. The molecule has 0 aliphatic carbocycles. The number of halogens is 1. The molecule has 1 aromatic carbocycles. The summed E-state index contributed by atoms with van der Waals surface area (Å²) < 4.78 is 5.44. The quantitative estimate of drug-likeness (QED) is 0.752. The van der Waals surface area contributed by atoms with Crippen molar-refractivity contribution < 1.29 is 4.74 Å². The fourth-order valence-corrected chi connectivity index (χ4v) is 1.28. The predicted molar refractivity (Wildman–Crippen MR) is 55.6 cm³/mol. The molecule has 0 aliphatic heterocycles. The van der Waals surface area contributed by atoms with Crippen molar-refractivity contribution in [3.8, 4) is 5.75 Å². The van der Waals surface area contributed by atoms with Crippen LogP contribution >= 0.6 is 11.6 Å². The predicted octanol–water partition coefficient (Wildman–Crippen LogP) is 2.25. The Morgan fingerprint density at radius 3 is 2.85 bits per heavy atom. The minimum Gasteiger partial charge on any atom is -0.491 e. The molecule has 0 amide bonds. The highest BCUT2D eigenvalue weighted by atomic mass is 35.5. The lowest BCUT2D eigenvalue weighted by molar-refractivity contribution is 0.318. The van der Waals surface area contributed by atoms with E-state index in [0.717, 1.165) is 17.9 Å². The standard InChI is InChI=1S/C10H14ClNO/c1-8-3-4-10(9(11)7-8)13-6-5-12-2/h3-4,7,12H,5-6H2,1-2H3. The van der Waals surface area contributed by atoms with Crippen molar-refractivity contribution in [3.63, 3.8) is 0 Å². The molecule has 0 spiro atoms. The molecule has 0 aliphatic rings. The topological polar surface area (TPSA) is 21.3 Å². The van der Waals surface area contributed by atoms with Gasteiger partial charge in [0.25, 0.3) is 0 Å². The summed E-state index contributed by atoms with van der Waals surface area (Å²) in [6, 6.07) is 5.78. The van der Waals surface area contributed by atoms with Crippen molar-refractivity contribution in [1.82, 2.24) is 5.32 Å². The summed E-state index contributed by atoms with van der Waals surface area (Å²) in [5, 5.41) is 3.68. The number of hydrogen-bond acceptors (Lipinski definition) is 2. The first-order chi connectivity index (χ1) is 6.24. The monoisotopic (exact) mass is 199 g/mol. The Bertz CT molecular complexity index is 276. The van der Waals surface area contributed by atoms with E-state index in [1.165, 1.54) is 0 Å². The molecular formula is C10H14ClNO. The smallest absolute Gasteiger partial charge is 0.137 e. The average molecular weight is 200 g/mol. The highest BCUT2D eigenvalue weighted by Gasteiger charge is 1.99. The van der Waals surface area contributed by atoms with Gasteiger partial charge in [0.2, 0.25) is 0 Å². The van der Waals surface area contributed by atoms with Crippen LogP contribution in [0.4, 0.5) is 0 Å². The van der Waals surface area contributed by atoms with Crippen LogP contribution in [0, 0.1) is 6.92 Å². The van der Waals surface area contributed by atoms with Crippen molar-refractivity contribution in [1.29, 1.82) is 0 Å². The largest absolute Gasteiger partial charge is 0.491 e. The fourth-order valence-electron chi connectivity index (χ4n) is 0.986. The second-order valence-electron chi connectivity index (χ2n) is 2.89. The van der Waals surface area contributed by atoms with E-state index in [4.69, 9.17) is 16.3 Å². The maximum Gasteiger partial charge on any atom is 0.137 e. The van der Waals surface area contributed by atoms with Gasteiger partial charge in [-0.05, 0) is 31.7 Å². The molecule has 2 nitrogen and oxygen atoms in total. The normalized spacial score (nSPS) is 10.1. The Labute approximate surface area is 83.9 Å². The maximum atomic E-state index is 5.96. The summed E-state index contributed by atoms with van der Waals surface area (Å²) >= 11 is 5.96. The second kappa shape index (κ2) is 5.10. The van der Waals surface area contributed by atoms with Gasteiger partial charge in [0.05, 0.1) is 5.02 Å². The lowest BCUT2D eigenvalue weighted by Crippen LogP contribution is -2.16. The van der Waals surface area contributed by atoms with E-state index >= 15 is 0 Å². The van der Waals surface area contributed by atoms with Gasteiger partial charge in [-0.3, -0.25) is 0 Å². The molecule has 0 aromatic heterocycles. The molecule has 0 saturated heterocycles. The SMILES string of the molecule is CNCCOc1ccc(C)cc1Cl. The number of ether oxygens (including phenoxy) is 1. The first kappa shape index (κ1) is 10.4. The van der Waals surface area contributed by atoms with Gasteiger partial charge in [-0.25, -0.2) is 0 Å². The van der Waals surface area contributed by atoms with Crippen LogP contribution in [0.1, 0.15) is 5.56 Å². The third-order valence-corrected chi connectivity index (χ3v) is 1.99. The van der Waals surface area contributed by atoms with Crippen LogP contribution in [0.2, 0.25) is 5.02 Å². The Morgan fingerprint density at radius 2 is 2.23 bits per heavy atom. The van der Waals surface area contributed by atoms with Crippen molar-refractivity contribution in [2.45, 2.75) is 6.92 Å². The number of nitrogens with one attached hydrogen (secondary N) is 1. The van der Waals surface area contributed by atoms with Gasteiger partial charge in [-0.1, -0.05) is 17.7 Å². The van der Waals surface area contributed by atoms with Gasteiger partial charge in [-0.2, -0.15) is 0 Å². The van der Waals surface area contributed by atoms with Crippen LogP contribution in [-0.2, 0) is 0 Å². The summed E-state index contributed by atoms with van der Waals surface area (Å²) in [7, 11) is 1.89. The number of hydrogen-bond donors (Lipinski definition) is 1. The average Bonchev–Trinajstić information content (AvgIpc) is 2.09. The Hall–Kier alpha value is -0.730. The van der Waals surface area contributed by atoms with Gasteiger partial charge < -0.3 is 10.1 Å². The minimum atomic E-state index is 0.638. The molecule has 0 unspecified atom stereocenters. The van der Waals surface area contributed by atoms with E-state index in [2.05, 4.69) is 5.32 Å². The van der Waals surface area contributed by atoms with Gasteiger partial charge in [0.15, 0.2) is 0 Å². The molecule has 13 heavy (non-hydrogen) atoms. The van der Waals surface area contributed by atoms with Crippen LogP contribution in [-0.4, -0.2) is 20.2 Å². The van der Waals surface area contributed by atoms with E-state index in [0.29, 0.717) is 11.6 Å². The highest BCUT2D eigenvalue weighted by Crippen LogP contribution is 2.24. The van der Waals surface area contributed by atoms with Crippen molar-refractivity contribution in [2.75, 3.05) is 20.2 Å². The van der Waals surface area contributed by atoms with Crippen molar-refractivity contribution >= 4 is 11.6 Å². The van der Waals surface area contributed by atoms with E-state index in [-0.39, 0.29) is 0 Å². The zero-order valence-electron chi connectivity index (χ0n) is 7.93. The summed E-state index contributed by atoms with van der Waals surface area (Å²) in [5.74, 6) is 0.752. The van der Waals surface area contributed by atoms with Crippen LogP contribution in [0.3, 0.4) is 0 Å². The van der Waals surface area contributed by atoms with E-state index in [9.17, 15) is 0 Å². The first-order valence-electron chi connectivity index (χ1n) is 4.27. The zero-order chi connectivity index (χ0) is 9.68. The van der Waals surface area contributed by atoms with E-state index in [1.54, 1.807) is 0 Å². The molecule has 3 heteroatoms. The molecule has 1 rings (SSSR count). The third kappa shape index (κ3) is 3.25. The van der Waals surface area contributed by atoms with Crippen molar-refractivity contribution in [3.05, 3.63) is 28.8 Å². The van der Waals surface area contributed by atoms with Gasteiger partial charge in [-0.15, -0.1) is 0 Å². The molecule has 1 aromatic rings. The molecule has 1 N–H and O–H groups in total. The van der Waals surface area contributed by atoms with Gasteiger partial charge in [0.1, 0.15) is 12.4 Å². The second-order valence-corrected chi connectivity index (χ2v) is 3.29. The van der Waals surface area contributed by atoms with E-state index in [1.807, 2.05) is 32.2 Å². The summed E-state index contributed by atoms with van der Waals surface area (Å²) in [4.78, 5) is 0. The molecule has 72 valence electrons. The van der Waals surface area contributed by atoms with Crippen LogP contribution in [0.25, 0.3) is 0 Å². The van der Waals surface area contributed by atoms with Crippen LogP contribution in [0.5, 0.6) is 5.75 Å². The minimum absolute atomic E-state index is 0.638. The molecular weight excluding hydrogens is 186 g/mol. The summed E-state index contributed by atoms with van der Waals surface area (Å²) in [6.07, 6.45) is 0. The lowest BCUT2D eigenvalue weighted by Gasteiger charge is -2.07. The van der Waals surface area contributed by atoms with Crippen LogP contribution < -0.4 is 10.1 Å². The highest BCUT2D eigenvalue weighted by molar-refractivity contribution is 6.32. The first-order valence-corrected chi connectivity index (χ1v) is 4.65. The molecule has 0 heterocycles. The lowest BCUT2D eigenvalue weighted by atomic mass is 10.2. The van der Waals surface area contributed by atoms with Crippen LogP contribution in [0.15, 0.2) is 18.2 Å². The Morgan fingerprint density at radius 1 is 1.46 bits per heavy atom. The molecule has 0 bridgehead atoms. The molecule has 0 atom stereocenters. The Kier molecular flexibility index (Phi) is 4.06. The maximum absolute atomic E-state index is 5.96. The van der Waals surface area contributed by atoms with E-state index < -0.39 is 0 Å². The summed E-state index contributed by atoms with van der Waals surface area (Å²) in [5.41, 5.74) is 1.14. The number of rotatable bonds is 4. The Balaban J connectivity index is 2.56. The molecule has 0 fully saturated rings.